The van der Waals surface area contributed by atoms with E-state index >= 15 is 0 Å². The molecular weight excluding hydrogens is 423 g/mol. The van der Waals surface area contributed by atoms with Crippen molar-refractivity contribution in [2.24, 2.45) is 11.1 Å². The number of nitrogens with zero attached hydrogens (tertiary/aromatic N) is 2. The number of hydrogen-bond donors (Lipinski definition) is 1. The minimum Gasteiger partial charge on any atom is -0.481 e. The van der Waals surface area contributed by atoms with Crippen molar-refractivity contribution in [2.75, 3.05) is 26.2 Å². The van der Waals surface area contributed by atoms with Crippen LogP contribution in [0.1, 0.15) is 35.1 Å². The van der Waals surface area contributed by atoms with Crippen LogP contribution in [0.4, 0.5) is 0 Å². The molecule has 5 nitrogen and oxygen atoms in total. The molecule has 1 fully saturated rings. The topological polar surface area (TPSA) is 62.1 Å². The van der Waals surface area contributed by atoms with Gasteiger partial charge in [-0.15, -0.1) is 0 Å². The van der Waals surface area contributed by atoms with Gasteiger partial charge in [0.15, 0.2) is 0 Å². The van der Waals surface area contributed by atoms with Crippen LogP contribution in [0.15, 0.2) is 41.6 Å². The molecule has 1 saturated heterocycles. The molecule has 1 atom stereocenters. The molecule has 1 heterocycles. The van der Waals surface area contributed by atoms with Gasteiger partial charge in [0, 0.05) is 34.3 Å². The zero-order valence-corrected chi connectivity index (χ0v) is 18.7. The highest BCUT2D eigenvalue weighted by atomic mass is 35.5. The molecule has 0 bridgehead atoms. The van der Waals surface area contributed by atoms with Gasteiger partial charge in [-0.1, -0.05) is 40.5 Å². The van der Waals surface area contributed by atoms with Crippen LogP contribution in [0.5, 0.6) is 0 Å². The summed E-state index contributed by atoms with van der Waals surface area (Å²) in [4.78, 5) is 19.1. The predicted molar refractivity (Wildman–Crippen MR) is 121 cm³/mol. The normalized spacial score (nSPS) is 16.9. The van der Waals surface area contributed by atoms with E-state index in [1.807, 2.05) is 50.2 Å². The van der Waals surface area contributed by atoms with E-state index in [9.17, 15) is 9.90 Å². The predicted octanol–water partition coefficient (Wildman–Crippen LogP) is 5.18. The lowest BCUT2D eigenvalue weighted by Gasteiger charge is -2.30. The Labute approximate surface area is 187 Å². The van der Waals surface area contributed by atoms with Gasteiger partial charge < -0.3 is 9.94 Å². The Morgan fingerprint density at radius 1 is 1.13 bits per heavy atom. The van der Waals surface area contributed by atoms with Crippen molar-refractivity contribution in [3.8, 4) is 0 Å². The zero-order valence-electron chi connectivity index (χ0n) is 17.2. The fraction of sp³-hybridized carbons (Fsp3) is 0.391. The number of piperidine rings is 1. The molecule has 1 aliphatic rings. The van der Waals surface area contributed by atoms with Crippen LogP contribution in [0.25, 0.3) is 0 Å². The van der Waals surface area contributed by atoms with Gasteiger partial charge in [-0.25, -0.2) is 0 Å². The second kappa shape index (κ2) is 10.3. The maximum Gasteiger partial charge on any atom is 0.307 e. The largest absolute Gasteiger partial charge is 0.481 e. The highest BCUT2D eigenvalue weighted by Crippen LogP contribution is 2.23. The molecule has 2 aromatic carbocycles. The average Bonchev–Trinajstić information content (AvgIpc) is 2.70. The van der Waals surface area contributed by atoms with E-state index in [2.05, 4.69) is 10.1 Å². The summed E-state index contributed by atoms with van der Waals surface area (Å²) in [7, 11) is 0. The lowest BCUT2D eigenvalue weighted by molar-refractivity contribution is -0.143. The third kappa shape index (κ3) is 5.75. The second-order valence-electron chi connectivity index (χ2n) is 7.67. The number of carbonyl (C=O) groups is 1. The van der Waals surface area contributed by atoms with Crippen LogP contribution in [0.3, 0.4) is 0 Å². The number of likely N-dealkylation sites (tertiary alicyclic amines) is 1. The SMILES string of the molecule is Cc1cc(Cl)ccc1C(=NOCCN1CCC[C@@H](C(=O)O)C1)c1ccc(Cl)cc1C. The Hall–Kier alpha value is -2.08. The Morgan fingerprint density at radius 2 is 1.73 bits per heavy atom. The molecule has 30 heavy (non-hydrogen) atoms. The van der Waals surface area contributed by atoms with Gasteiger partial charge in [-0.2, -0.15) is 0 Å². The quantitative estimate of drug-likeness (QED) is 0.360. The number of benzene rings is 2. The van der Waals surface area contributed by atoms with Gasteiger partial charge in [0.1, 0.15) is 12.3 Å². The molecule has 0 amide bonds. The van der Waals surface area contributed by atoms with Gasteiger partial charge in [0.2, 0.25) is 0 Å². The van der Waals surface area contributed by atoms with Crippen LogP contribution < -0.4 is 0 Å². The van der Waals surface area contributed by atoms with E-state index in [4.69, 9.17) is 28.0 Å². The highest BCUT2D eigenvalue weighted by Gasteiger charge is 2.25. The maximum absolute atomic E-state index is 11.2. The van der Waals surface area contributed by atoms with Crippen molar-refractivity contribution in [3.05, 3.63) is 68.7 Å². The number of halogens is 2. The van der Waals surface area contributed by atoms with E-state index in [0.717, 1.165) is 47.4 Å². The fourth-order valence-corrected chi connectivity index (χ4v) is 4.22. The number of hydrogen-bond acceptors (Lipinski definition) is 4. The molecule has 0 unspecified atom stereocenters. The molecule has 0 radical (unpaired) electrons. The summed E-state index contributed by atoms with van der Waals surface area (Å²) in [6.07, 6.45) is 1.63. The Kier molecular flexibility index (Phi) is 7.75. The first kappa shape index (κ1) is 22.6. The minimum atomic E-state index is -0.725. The lowest BCUT2D eigenvalue weighted by atomic mass is 9.95. The number of rotatable bonds is 7. The van der Waals surface area contributed by atoms with E-state index in [0.29, 0.717) is 29.7 Å². The molecule has 2 aromatic rings. The van der Waals surface area contributed by atoms with Crippen molar-refractivity contribution in [2.45, 2.75) is 26.7 Å². The molecular formula is C23H26Cl2N2O3. The summed E-state index contributed by atoms with van der Waals surface area (Å²) < 4.78 is 0. The van der Waals surface area contributed by atoms with Gasteiger partial charge in [0.05, 0.1) is 5.92 Å². The highest BCUT2D eigenvalue weighted by molar-refractivity contribution is 6.31. The summed E-state index contributed by atoms with van der Waals surface area (Å²) in [5.74, 6) is -1.02. The van der Waals surface area contributed by atoms with E-state index in [-0.39, 0.29) is 5.92 Å². The second-order valence-corrected chi connectivity index (χ2v) is 8.54. The van der Waals surface area contributed by atoms with Crippen molar-refractivity contribution in [3.63, 3.8) is 0 Å². The lowest BCUT2D eigenvalue weighted by Crippen LogP contribution is -2.40. The molecule has 0 aliphatic carbocycles. The van der Waals surface area contributed by atoms with Crippen molar-refractivity contribution in [1.29, 1.82) is 0 Å². The van der Waals surface area contributed by atoms with Crippen molar-refractivity contribution in [1.82, 2.24) is 4.90 Å². The molecule has 3 rings (SSSR count). The zero-order chi connectivity index (χ0) is 21.7. The number of aliphatic carboxylic acids is 1. The van der Waals surface area contributed by atoms with Gasteiger partial charge in [-0.3, -0.25) is 9.69 Å². The van der Waals surface area contributed by atoms with Crippen LogP contribution >= 0.6 is 23.2 Å². The summed E-state index contributed by atoms with van der Waals surface area (Å²) in [5, 5.41) is 15.1. The summed E-state index contributed by atoms with van der Waals surface area (Å²) in [6.45, 7) is 6.44. The molecule has 0 spiro atoms. The maximum atomic E-state index is 11.2. The minimum absolute atomic E-state index is 0.300. The smallest absolute Gasteiger partial charge is 0.307 e. The first-order valence-electron chi connectivity index (χ1n) is 10.0. The van der Waals surface area contributed by atoms with Crippen molar-refractivity contribution >= 4 is 34.9 Å². The van der Waals surface area contributed by atoms with Gasteiger partial charge in [-0.05, 0) is 68.6 Å². The fourth-order valence-electron chi connectivity index (χ4n) is 3.77. The van der Waals surface area contributed by atoms with E-state index < -0.39 is 5.97 Å². The standard InChI is InChI=1S/C23H26Cl2N2O3/c1-15-12-18(24)5-7-20(15)22(21-8-6-19(25)13-16(21)2)26-30-11-10-27-9-3-4-17(14-27)23(28)29/h5-8,12-13,17H,3-4,9-11,14H2,1-2H3,(H,28,29)/t17-/m1/s1. The molecule has 160 valence electrons. The molecule has 1 N–H and O–H groups in total. The Balaban J connectivity index is 1.77. The first-order valence-corrected chi connectivity index (χ1v) is 10.8. The third-order valence-corrected chi connectivity index (χ3v) is 5.87. The Bertz CT molecular complexity index is 893. The summed E-state index contributed by atoms with van der Waals surface area (Å²) >= 11 is 12.3. The van der Waals surface area contributed by atoms with E-state index in [1.54, 1.807) is 0 Å². The molecule has 0 saturated carbocycles. The van der Waals surface area contributed by atoms with Gasteiger partial charge in [0.25, 0.3) is 0 Å². The van der Waals surface area contributed by atoms with Crippen LogP contribution in [0.2, 0.25) is 10.0 Å². The number of carboxylic acid groups (broad SMARTS) is 1. The monoisotopic (exact) mass is 448 g/mol. The van der Waals surface area contributed by atoms with Crippen LogP contribution in [0, 0.1) is 19.8 Å². The Morgan fingerprint density at radius 3 is 2.27 bits per heavy atom. The van der Waals surface area contributed by atoms with Crippen LogP contribution in [-0.2, 0) is 9.63 Å². The molecule has 1 aliphatic heterocycles. The summed E-state index contributed by atoms with van der Waals surface area (Å²) in [6, 6.07) is 11.4. The van der Waals surface area contributed by atoms with Crippen molar-refractivity contribution < 1.29 is 14.7 Å². The summed E-state index contributed by atoms with van der Waals surface area (Å²) in [5.41, 5.74) is 4.60. The first-order chi connectivity index (χ1) is 14.3. The molecule has 0 aromatic heterocycles. The average molecular weight is 449 g/mol. The molecule has 7 heteroatoms. The number of carboxylic acids is 1. The third-order valence-electron chi connectivity index (χ3n) is 5.40. The van der Waals surface area contributed by atoms with Gasteiger partial charge >= 0.3 is 5.97 Å². The van der Waals surface area contributed by atoms with E-state index in [1.165, 1.54) is 0 Å². The number of oxime groups is 1. The van der Waals surface area contributed by atoms with Crippen LogP contribution in [-0.4, -0.2) is 47.9 Å². The number of aryl methyl sites for hydroxylation is 2.